The van der Waals surface area contributed by atoms with Crippen LogP contribution in [-0.2, 0) is 0 Å². The van der Waals surface area contributed by atoms with Crippen LogP contribution in [-0.4, -0.2) is 31.4 Å². The first-order valence-corrected chi connectivity index (χ1v) is 10.8. The van der Waals surface area contributed by atoms with E-state index in [-0.39, 0.29) is 6.04 Å². The van der Waals surface area contributed by atoms with Crippen LogP contribution in [0.3, 0.4) is 0 Å². The Balaban J connectivity index is 1.33. The van der Waals surface area contributed by atoms with Crippen LogP contribution in [0.1, 0.15) is 38.3 Å². The molecule has 0 bridgehead atoms. The third-order valence-corrected chi connectivity index (χ3v) is 5.78. The minimum atomic E-state index is 0.113. The molecule has 5 nitrogen and oxygen atoms in total. The molecule has 0 amide bonds. The second-order valence-electron chi connectivity index (χ2n) is 7.96. The zero-order valence-corrected chi connectivity index (χ0v) is 17.9. The van der Waals surface area contributed by atoms with Crippen molar-refractivity contribution >= 4 is 28.7 Å². The Morgan fingerprint density at radius 3 is 2.62 bits per heavy atom. The normalized spacial score (nSPS) is 19.4. The summed E-state index contributed by atoms with van der Waals surface area (Å²) in [7, 11) is 0. The monoisotopic (exact) mass is 411 g/mol. The van der Waals surface area contributed by atoms with Crippen LogP contribution in [0, 0.1) is 5.92 Å². The molecule has 0 aliphatic carbocycles. The molecule has 0 radical (unpaired) electrons. The first-order valence-electron chi connectivity index (χ1n) is 10.4. The van der Waals surface area contributed by atoms with Crippen LogP contribution in [0.4, 0.5) is 11.4 Å². The van der Waals surface area contributed by atoms with Gasteiger partial charge in [0.2, 0.25) is 0 Å². The van der Waals surface area contributed by atoms with Crippen molar-refractivity contribution in [3.8, 4) is 11.5 Å². The molecule has 0 saturated carbocycles. The molecule has 154 valence electrons. The Labute approximate surface area is 178 Å². The lowest BCUT2D eigenvalue weighted by molar-refractivity contribution is 0.171. The number of thiocarbonyl (C=S) groups is 1. The fraction of sp³-hybridized carbons (Fsp3) is 0.435. The first kappa shape index (κ1) is 19.8. The van der Waals surface area contributed by atoms with Gasteiger partial charge in [-0.05, 0) is 67.7 Å². The summed E-state index contributed by atoms with van der Waals surface area (Å²) in [6.07, 6.45) is 2.62. The average Bonchev–Trinajstić information content (AvgIpc) is 2.73. The molecule has 2 aliphatic rings. The molecular formula is C23H29N3O2S. The number of anilines is 2. The van der Waals surface area contributed by atoms with Gasteiger partial charge in [0.15, 0.2) is 16.6 Å². The summed E-state index contributed by atoms with van der Waals surface area (Å²) in [5.74, 6) is 2.30. The molecule has 2 N–H and O–H groups in total. The van der Waals surface area contributed by atoms with Gasteiger partial charge in [0.05, 0.1) is 6.04 Å². The van der Waals surface area contributed by atoms with Gasteiger partial charge in [-0.25, -0.2) is 0 Å². The van der Waals surface area contributed by atoms with Gasteiger partial charge in [0.1, 0.15) is 13.2 Å². The summed E-state index contributed by atoms with van der Waals surface area (Å²) < 4.78 is 11.2. The highest BCUT2D eigenvalue weighted by molar-refractivity contribution is 7.80. The van der Waals surface area contributed by atoms with Crippen molar-refractivity contribution in [1.29, 1.82) is 0 Å². The van der Waals surface area contributed by atoms with Crippen LogP contribution < -0.4 is 25.0 Å². The van der Waals surface area contributed by atoms with E-state index in [9.17, 15) is 0 Å². The maximum atomic E-state index is 5.63. The van der Waals surface area contributed by atoms with E-state index in [2.05, 4.69) is 53.6 Å². The van der Waals surface area contributed by atoms with Crippen molar-refractivity contribution in [2.24, 2.45) is 5.92 Å². The van der Waals surface area contributed by atoms with Crippen molar-refractivity contribution in [3.05, 3.63) is 48.0 Å². The van der Waals surface area contributed by atoms with E-state index in [1.54, 1.807) is 0 Å². The quantitative estimate of drug-likeness (QED) is 0.709. The minimum Gasteiger partial charge on any atom is -0.486 e. The standard InChI is InChI=1S/C23H29N3O2S/c1-16-4-3-11-26(15-16)20-8-5-18(6-9-20)17(2)24-23(29)25-19-7-10-21-22(14-19)28-13-12-27-21/h5-10,14,16-17H,3-4,11-13,15H2,1-2H3,(H2,24,25,29)/t16-,17-/m1/s1. The fourth-order valence-electron chi connectivity index (χ4n) is 3.97. The number of fused-ring (bicyclic) bond motifs is 1. The topological polar surface area (TPSA) is 45.8 Å². The maximum absolute atomic E-state index is 5.63. The van der Waals surface area contributed by atoms with E-state index in [4.69, 9.17) is 21.7 Å². The van der Waals surface area contributed by atoms with Crippen molar-refractivity contribution < 1.29 is 9.47 Å². The van der Waals surface area contributed by atoms with Crippen molar-refractivity contribution in [2.75, 3.05) is 36.5 Å². The number of hydrogen-bond donors (Lipinski definition) is 2. The molecular weight excluding hydrogens is 382 g/mol. The zero-order valence-electron chi connectivity index (χ0n) is 17.1. The molecule has 2 heterocycles. The van der Waals surface area contributed by atoms with E-state index >= 15 is 0 Å². The molecule has 2 aromatic rings. The Morgan fingerprint density at radius 2 is 1.86 bits per heavy atom. The average molecular weight is 412 g/mol. The minimum absolute atomic E-state index is 0.113. The van der Waals surface area contributed by atoms with Crippen molar-refractivity contribution in [2.45, 2.75) is 32.7 Å². The molecule has 1 fully saturated rings. The van der Waals surface area contributed by atoms with E-state index in [1.165, 1.54) is 24.1 Å². The lowest BCUT2D eigenvalue weighted by atomic mass is 9.99. The number of nitrogens with zero attached hydrogens (tertiary/aromatic N) is 1. The van der Waals surface area contributed by atoms with E-state index in [1.807, 2.05) is 18.2 Å². The highest BCUT2D eigenvalue weighted by atomic mass is 32.1. The van der Waals surface area contributed by atoms with Gasteiger partial charge in [-0.2, -0.15) is 0 Å². The van der Waals surface area contributed by atoms with Crippen LogP contribution in [0.5, 0.6) is 11.5 Å². The number of ether oxygens (including phenoxy) is 2. The second-order valence-corrected chi connectivity index (χ2v) is 8.37. The smallest absolute Gasteiger partial charge is 0.171 e. The van der Waals surface area contributed by atoms with Gasteiger partial charge in [0.25, 0.3) is 0 Å². The summed E-state index contributed by atoms with van der Waals surface area (Å²) in [6.45, 7) is 7.92. The summed E-state index contributed by atoms with van der Waals surface area (Å²) in [5, 5.41) is 7.19. The number of benzene rings is 2. The second kappa shape index (κ2) is 8.91. The number of nitrogens with one attached hydrogen (secondary N) is 2. The lowest BCUT2D eigenvalue weighted by Crippen LogP contribution is -2.34. The number of piperidine rings is 1. The Kier molecular flexibility index (Phi) is 6.09. The van der Waals surface area contributed by atoms with E-state index in [0.717, 1.165) is 36.2 Å². The SMILES string of the molecule is C[C@@H]1CCCN(c2ccc([C@@H](C)NC(=S)Nc3ccc4c(c3)OCCO4)cc2)C1. The Morgan fingerprint density at radius 1 is 1.10 bits per heavy atom. The molecule has 0 aromatic heterocycles. The number of hydrogen-bond acceptors (Lipinski definition) is 4. The van der Waals surface area contributed by atoms with Crippen LogP contribution >= 0.6 is 12.2 Å². The van der Waals surface area contributed by atoms with Crippen molar-refractivity contribution in [1.82, 2.24) is 5.32 Å². The first-order chi connectivity index (χ1) is 14.1. The molecule has 2 aromatic carbocycles. The van der Waals surface area contributed by atoms with E-state index < -0.39 is 0 Å². The van der Waals surface area contributed by atoms with Crippen LogP contribution in [0.15, 0.2) is 42.5 Å². The lowest BCUT2D eigenvalue weighted by Gasteiger charge is -2.33. The van der Waals surface area contributed by atoms with Gasteiger partial charge < -0.3 is 25.0 Å². The molecule has 29 heavy (non-hydrogen) atoms. The summed E-state index contributed by atoms with van der Waals surface area (Å²) in [6, 6.07) is 14.7. The highest BCUT2D eigenvalue weighted by Gasteiger charge is 2.17. The van der Waals surface area contributed by atoms with Gasteiger partial charge in [-0.1, -0.05) is 19.1 Å². The van der Waals surface area contributed by atoms with Crippen LogP contribution in [0.2, 0.25) is 0 Å². The summed E-state index contributed by atoms with van der Waals surface area (Å²) in [5.41, 5.74) is 3.41. The van der Waals surface area contributed by atoms with E-state index in [0.29, 0.717) is 18.3 Å². The highest BCUT2D eigenvalue weighted by Crippen LogP contribution is 2.32. The maximum Gasteiger partial charge on any atom is 0.171 e. The molecule has 6 heteroatoms. The largest absolute Gasteiger partial charge is 0.486 e. The Bertz CT molecular complexity index is 856. The van der Waals surface area contributed by atoms with Gasteiger partial charge in [-0.15, -0.1) is 0 Å². The number of rotatable bonds is 4. The van der Waals surface area contributed by atoms with Crippen molar-refractivity contribution in [3.63, 3.8) is 0 Å². The molecule has 2 aliphatic heterocycles. The molecule has 4 rings (SSSR count). The van der Waals surface area contributed by atoms with Crippen LogP contribution in [0.25, 0.3) is 0 Å². The zero-order chi connectivity index (χ0) is 20.2. The third kappa shape index (κ3) is 4.93. The molecule has 0 spiro atoms. The molecule has 1 saturated heterocycles. The summed E-state index contributed by atoms with van der Waals surface area (Å²) in [4.78, 5) is 2.49. The predicted octanol–water partition coefficient (Wildman–Crippen LogP) is 4.74. The van der Waals surface area contributed by atoms with Gasteiger partial charge in [-0.3, -0.25) is 0 Å². The summed E-state index contributed by atoms with van der Waals surface area (Å²) >= 11 is 5.51. The fourth-order valence-corrected chi connectivity index (χ4v) is 4.26. The predicted molar refractivity (Wildman–Crippen MR) is 122 cm³/mol. The van der Waals surface area contributed by atoms with Gasteiger partial charge >= 0.3 is 0 Å². The third-order valence-electron chi connectivity index (χ3n) is 5.56. The molecule has 2 atom stereocenters. The Hall–Kier alpha value is -2.47. The molecule has 0 unspecified atom stereocenters. The van der Waals surface area contributed by atoms with Gasteiger partial charge in [0, 0.05) is 30.5 Å².